The molecule has 14 heavy (non-hydrogen) atoms. The van der Waals surface area contributed by atoms with Crippen LogP contribution in [-0.4, -0.2) is 25.4 Å². The van der Waals surface area contributed by atoms with Crippen LogP contribution >= 0.6 is 11.6 Å². The maximum absolute atomic E-state index is 10.3. The van der Waals surface area contributed by atoms with Gasteiger partial charge in [-0.3, -0.25) is 9.78 Å². The van der Waals surface area contributed by atoms with Gasteiger partial charge in [0.15, 0.2) is 0 Å². The molecule has 0 bridgehead atoms. The summed E-state index contributed by atoms with van der Waals surface area (Å²) in [6.07, 6.45) is 5.34. The fourth-order valence-corrected chi connectivity index (χ4v) is 1.31. The first-order valence-electron chi connectivity index (χ1n) is 4.09. The Morgan fingerprint density at radius 2 is 2.29 bits per heavy atom. The number of anilines is 1. The second-order valence-electron chi connectivity index (χ2n) is 2.94. The number of aldehydes is 1. The predicted molar refractivity (Wildman–Crippen MR) is 58.5 cm³/mol. The zero-order chi connectivity index (χ0) is 10.6. The molecule has 0 fully saturated rings. The van der Waals surface area contributed by atoms with E-state index in [-0.39, 0.29) is 0 Å². The Kier molecular flexibility index (Phi) is 3.65. The number of allylic oxidation sites excluding steroid dienone is 1. The zero-order valence-electron chi connectivity index (χ0n) is 8.07. The summed E-state index contributed by atoms with van der Waals surface area (Å²) in [4.78, 5) is 16.2. The Balaban J connectivity index is 3.19. The number of nitrogens with zero attached hydrogens (tertiary/aromatic N) is 2. The molecule has 3 nitrogen and oxygen atoms in total. The lowest BCUT2D eigenvalue weighted by Crippen LogP contribution is -2.10. The summed E-state index contributed by atoms with van der Waals surface area (Å²) in [5.41, 5.74) is 1.69. The summed E-state index contributed by atoms with van der Waals surface area (Å²) in [5, 5.41) is 0.422. The van der Waals surface area contributed by atoms with Crippen molar-refractivity contribution in [1.82, 2.24) is 4.98 Å². The van der Waals surface area contributed by atoms with Crippen molar-refractivity contribution in [3.63, 3.8) is 0 Å². The SMILES string of the molecule is CN(C)c1cnccc1/C(Cl)=C\C=O. The molecule has 0 unspecified atom stereocenters. The Hall–Kier alpha value is -1.35. The molecule has 0 saturated carbocycles. The van der Waals surface area contributed by atoms with Crippen LogP contribution in [0.3, 0.4) is 0 Å². The molecule has 1 aromatic heterocycles. The fraction of sp³-hybridized carbons (Fsp3) is 0.200. The number of carbonyl (C=O) groups is 1. The van der Waals surface area contributed by atoms with Crippen molar-refractivity contribution < 1.29 is 4.79 Å². The molecule has 0 atom stereocenters. The van der Waals surface area contributed by atoms with E-state index in [0.29, 0.717) is 11.3 Å². The predicted octanol–water partition coefficient (Wildman–Crippen LogP) is 1.93. The van der Waals surface area contributed by atoms with Crippen LogP contribution in [0.25, 0.3) is 5.03 Å². The summed E-state index contributed by atoms with van der Waals surface area (Å²) < 4.78 is 0. The van der Waals surface area contributed by atoms with Crippen LogP contribution in [-0.2, 0) is 4.79 Å². The minimum Gasteiger partial charge on any atom is -0.376 e. The molecule has 0 N–H and O–H groups in total. The first-order valence-corrected chi connectivity index (χ1v) is 4.47. The molecule has 0 aromatic carbocycles. The van der Waals surface area contributed by atoms with Crippen molar-refractivity contribution in [2.24, 2.45) is 0 Å². The minimum atomic E-state index is 0.422. The van der Waals surface area contributed by atoms with Crippen molar-refractivity contribution in [3.8, 4) is 0 Å². The molecule has 74 valence electrons. The van der Waals surface area contributed by atoms with Crippen LogP contribution in [0.4, 0.5) is 5.69 Å². The Morgan fingerprint density at radius 3 is 2.86 bits per heavy atom. The molecule has 0 aliphatic heterocycles. The maximum atomic E-state index is 10.3. The van der Waals surface area contributed by atoms with E-state index >= 15 is 0 Å². The third-order valence-corrected chi connectivity index (χ3v) is 2.08. The van der Waals surface area contributed by atoms with Crippen LogP contribution in [0.2, 0.25) is 0 Å². The molecule has 1 rings (SSSR count). The first-order chi connectivity index (χ1) is 6.66. The normalized spacial score (nSPS) is 11.2. The highest BCUT2D eigenvalue weighted by molar-refractivity contribution is 6.50. The molecular weight excluding hydrogens is 200 g/mol. The maximum Gasteiger partial charge on any atom is 0.144 e. The van der Waals surface area contributed by atoms with Crippen molar-refractivity contribution in [2.45, 2.75) is 0 Å². The van der Waals surface area contributed by atoms with Gasteiger partial charge in [0.1, 0.15) is 6.29 Å². The van der Waals surface area contributed by atoms with Crippen LogP contribution in [0, 0.1) is 0 Å². The monoisotopic (exact) mass is 210 g/mol. The van der Waals surface area contributed by atoms with Crippen molar-refractivity contribution in [2.75, 3.05) is 19.0 Å². The second kappa shape index (κ2) is 4.77. The van der Waals surface area contributed by atoms with Gasteiger partial charge in [0.05, 0.1) is 16.9 Å². The molecule has 0 amide bonds. The van der Waals surface area contributed by atoms with E-state index in [1.165, 1.54) is 6.08 Å². The zero-order valence-corrected chi connectivity index (χ0v) is 8.82. The van der Waals surface area contributed by atoms with Gasteiger partial charge in [-0.2, -0.15) is 0 Å². The number of carbonyl (C=O) groups excluding carboxylic acids is 1. The van der Waals surface area contributed by atoms with Gasteiger partial charge < -0.3 is 4.90 Å². The smallest absolute Gasteiger partial charge is 0.144 e. The van der Waals surface area contributed by atoms with E-state index in [0.717, 1.165) is 11.3 Å². The highest BCUT2D eigenvalue weighted by atomic mass is 35.5. The van der Waals surface area contributed by atoms with Gasteiger partial charge in [0.25, 0.3) is 0 Å². The molecular formula is C10H11ClN2O. The van der Waals surface area contributed by atoms with E-state index in [4.69, 9.17) is 11.6 Å². The number of rotatable bonds is 3. The van der Waals surface area contributed by atoms with E-state index in [1.807, 2.05) is 19.0 Å². The first kappa shape index (κ1) is 10.7. The van der Waals surface area contributed by atoms with E-state index in [2.05, 4.69) is 4.98 Å². The molecule has 1 aromatic rings. The molecule has 0 saturated heterocycles. The minimum absolute atomic E-state index is 0.422. The van der Waals surface area contributed by atoms with Gasteiger partial charge in [0.2, 0.25) is 0 Å². The van der Waals surface area contributed by atoms with Crippen LogP contribution in [0.15, 0.2) is 24.5 Å². The van der Waals surface area contributed by atoms with Gasteiger partial charge in [-0.05, 0) is 12.1 Å². The lowest BCUT2D eigenvalue weighted by molar-refractivity contribution is -0.104. The summed E-state index contributed by atoms with van der Waals surface area (Å²) >= 11 is 5.93. The molecule has 0 aliphatic rings. The molecule has 0 aliphatic carbocycles. The third kappa shape index (κ3) is 2.33. The number of pyridine rings is 1. The van der Waals surface area contributed by atoms with Crippen LogP contribution in [0.1, 0.15) is 5.56 Å². The summed E-state index contributed by atoms with van der Waals surface area (Å²) in [7, 11) is 3.79. The second-order valence-corrected chi connectivity index (χ2v) is 3.35. The number of halogens is 1. The molecule has 0 radical (unpaired) electrons. The van der Waals surface area contributed by atoms with Gasteiger partial charge in [-0.1, -0.05) is 11.6 Å². The molecule has 0 spiro atoms. The van der Waals surface area contributed by atoms with E-state index in [9.17, 15) is 4.79 Å². The average Bonchev–Trinajstić information content (AvgIpc) is 2.18. The quantitative estimate of drug-likeness (QED) is 0.565. The Bertz CT molecular complexity index is 361. The standard InChI is InChI=1S/C10H11ClN2O/c1-13(2)10-7-12-5-3-8(10)9(11)4-6-14/h3-7H,1-2H3/b9-4+. The van der Waals surface area contributed by atoms with Crippen molar-refractivity contribution in [1.29, 1.82) is 0 Å². The highest BCUT2D eigenvalue weighted by Gasteiger charge is 2.06. The van der Waals surface area contributed by atoms with Gasteiger partial charge in [-0.15, -0.1) is 0 Å². The summed E-state index contributed by atoms with van der Waals surface area (Å²) in [6, 6.07) is 1.78. The largest absolute Gasteiger partial charge is 0.376 e. The highest BCUT2D eigenvalue weighted by Crippen LogP contribution is 2.26. The Morgan fingerprint density at radius 1 is 1.57 bits per heavy atom. The van der Waals surface area contributed by atoms with Crippen molar-refractivity contribution in [3.05, 3.63) is 30.1 Å². The number of hydrogen-bond acceptors (Lipinski definition) is 3. The third-order valence-electron chi connectivity index (χ3n) is 1.75. The Labute approximate surface area is 88.0 Å². The van der Waals surface area contributed by atoms with Crippen LogP contribution in [0.5, 0.6) is 0 Å². The molecule has 1 heterocycles. The number of aromatic nitrogens is 1. The summed E-state index contributed by atoms with van der Waals surface area (Å²) in [5.74, 6) is 0. The summed E-state index contributed by atoms with van der Waals surface area (Å²) in [6.45, 7) is 0. The molecule has 4 heteroatoms. The van der Waals surface area contributed by atoms with E-state index < -0.39 is 0 Å². The van der Waals surface area contributed by atoms with Gasteiger partial charge in [0, 0.05) is 25.9 Å². The van der Waals surface area contributed by atoms with E-state index in [1.54, 1.807) is 18.5 Å². The fourth-order valence-electron chi connectivity index (χ4n) is 1.09. The number of hydrogen-bond donors (Lipinski definition) is 0. The van der Waals surface area contributed by atoms with Crippen LogP contribution < -0.4 is 4.90 Å². The average molecular weight is 211 g/mol. The lowest BCUT2D eigenvalue weighted by Gasteiger charge is -2.15. The lowest BCUT2D eigenvalue weighted by atomic mass is 10.2. The van der Waals surface area contributed by atoms with Gasteiger partial charge in [-0.25, -0.2) is 0 Å². The van der Waals surface area contributed by atoms with Gasteiger partial charge >= 0.3 is 0 Å². The van der Waals surface area contributed by atoms with Crippen molar-refractivity contribution >= 4 is 28.6 Å². The topological polar surface area (TPSA) is 33.2 Å².